The number of carbonyl (C=O) groups is 2. The summed E-state index contributed by atoms with van der Waals surface area (Å²) < 4.78 is 0. The lowest BCUT2D eigenvalue weighted by molar-refractivity contribution is -0.147. The number of carboxylic acids is 1. The van der Waals surface area contributed by atoms with Gasteiger partial charge in [-0.15, -0.1) is 0 Å². The highest BCUT2D eigenvalue weighted by molar-refractivity contribution is 8.06. The van der Waals surface area contributed by atoms with Gasteiger partial charge in [0.05, 0.1) is 0 Å². The summed E-state index contributed by atoms with van der Waals surface area (Å²) in [5, 5.41) is 12.6. The van der Waals surface area contributed by atoms with Gasteiger partial charge in [-0.25, -0.2) is 9.59 Å². The zero-order valence-corrected chi connectivity index (χ0v) is 12.7. The Morgan fingerprint density at radius 2 is 2.26 bits per heavy atom. The van der Waals surface area contributed by atoms with Crippen LogP contribution in [0.4, 0.5) is 4.79 Å². The molecule has 2 fully saturated rings. The number of carboxylic acid groups (broad SMARTS) is 1. The number of urea groups is 1. The predicted molar refractivity (Wildman–Crippen MR) is 79.0 cm³/mol. The second-order valence-corrected chi connectivity index (χ2v) is 7.65. The van der Waals surface area contributed by atoms with Gasteiger partial charge >= 0.3 is 12.0 Å². The standard InChI is InChI=1S/C12H20N2O3S2/c1-12(10(15)16)3-2-4-14(12)11(17)13-7-9-8-18-5-6-19-9/h9H,2-8H2,1H3,(H,13,17)(H,15,16). The first kappa shape index (κ1) is 14.8. The van der Waals surface area contributed by atoms with Crippen molar-refractivity contribution in [1.82, 2.24) is 10.2 Å². The molecule has 7 heteroatoms. The molecule has 2 rings (SSSR count). The van der Waals surface area contributed by atoms with E-state index in [1.165, 1.54) is 10.7 Å². The second kappa shape index (κ2) is 6.26. The number of hydrogen-bond donors (Lipinski definition) is 2. The summed E-state index contributed by atoms with van der Waals surface area (Å²) in [6, 6.07) is -0.237. The number of amides is 2. The van der Waals surface area contributed by atoms with Crippen LogP contribution in [0, 0.1) is 0 Å². The van der Waals surface area contributed by atoms with Gasteiger partial charge in [0, 0.05) is 35.6 Å². The lowest BCUT2D eigenvalue weighted by Crippen LogP contribution is -2.54. The molecule has 2 heterocycles. The molecule has 2 saturated heterocycles. The molecule has 0 saturated carbocycles. The number of aliphatic carboxylic acids is 1. The van der Waals surface area contributed by atoms with Crippen LogP contribution in [0.15, 0.2) is 0 Å². The molecule has 108 valence electrons. The van der Waals surface area contributed by atoms with Gasteiger partial charge < -0.3 is 15.3 Å². The van der Waals surface area contributed by atoms with E-state index in [0.29, 0.717) is 24.8 Å². The van der Waals surface area contributed by atoms with Crippen LogP contribution < -0.4 is 5.32 Å². The van der Waals surface area contributed by atoms with Crippen LogP contribution in [-0.2, 0) is 4.79 Å². The molecule has 2 N–H and O–H groups in total. The number of nitrogens with one attached hydrogen (secondary N) is 1. The van der Waals surface area contributed by atoms with Crippen LogP contribution in [0.1, 0.15) is 19.8 Å². The minimum absolute atomic E-state index is 0.237. The topological polar surface area (TPSA) is 69.6 Å². The molecular weight excluding hydrogens is 284 g/mol. The highest BCUT2D eigenvalue weighted by Gasteiger charge is 2.45. The molecule has 0 aromatic carbocycles. The Bertz CT molecular complexity index is 361. The molecule has 0 radical (unpaired) electrons. The highest BCUT2D eigenvalue weighted by atomic mass is 32.2. The average Bonchev–Trinajstić information content (AvgIpc) is 2.81. The molecule has 0 aromatic heterocycles. The Hall–Kier alpha value is -0.560. The van der Waals surface area contributed by atoms with E-state index in [4.69, 9.17) is 0 Å². The maximum Gasteiger partial charge on any atom is 0.329 e. The summed E-state index contributed by atoms with van der Waals surface area (Å²) in [6.07, 6.45) is 1.29. The number of thioether (sulfide) groups is 2. The number of rotatable bonds is 3. The Morgan fingerprint density at radius 1 is 1.47 bits per heavy atom. The highest BCUT2D eigenvalue weighted by Crippen LogP contribution is 2.29. The van der Waals surface area contributed by atoms with Crippen LogP contribution in [0.25, 0.3) is 0 Å². The molecule has 19 heavy (non-hydrogen) atoms. The average molecular weight is 304 g/mol. The van der Waals surface area contributed by atoms with Crippen molar-refractivity contribution in [3.05, 3.63) is 0 Å². The van der Waals surface area contributed by atoms with Crippen molar-refractivity contribution in [3.63, 3.8) is 0 Å². The number of carbonyl (C=O) groups excluding carboxylic acids is 1. The lowest BCUT2D eigenvalue weighted by Gasteiger charge is -2.32. The molecule has 5 nitrogen and oxygen atoms in total. The van der Waals surface area contributed by atoms with E-state index >= 15 is 0 Å². The van der Waals surface area contributed by atoms with Gasteiger partial charge in [0.15, 0.2) is 0 Å². The molecule has 2 amide bonds. The van der Waals surface area contributed by atoms with Crippen molar-refractivity contribution in [2.45, 2.75) is 30.6 Å². The monoisotopic (exact) mass is 304 g/mol. The fraction of sp³-hybridized carbons (Fsp3) is 0.833. The third kappa shape index (κ3) is 3.31. The van der Waals surface area contributed by atoms with Crippen LogP contribution in [0.2, 0.25) is 0 Å². The van der Waals surface area contributed by atoms with Crippen LogP contribution >= 0.6 is 23.5 Å². The Kier molecular flexibility index (Phi) is 4.89. The Labute approximate surface area is 121 Å². The molecule has 2 aliphatic heterocycles. The van der Waals surface area contributed by atoms with E-state index in [9.17, 15) is 14.7 Å². The molecule has 0 aliphatic carbocycles. The SMILES string of the molecule is CC1(C(=O)O)CCCN1C(=O)NCC1CSCCS1. The minimum Gasteiger partial charge on any atom is -0.480 e. The first-order valence-corrected chi connectivity index (χ1v) is 8.72. The van der Waals surface area contributed by atoms with Crippen molar-refractivity contribution >= 4 is 35.5 Å². The van der Waals surface area contributed by atoms with Crippen molar-refractivity contribution in [3.8, 4) is 0 Å². The normalized spacial score (nSPS) is 31.2. The van der Waals surface area contributed by atoms with Crippen LogP contribution in [0.5, 0.6) is 0 Å². The van der Waals surface area contributed by atoms with E-state index in [1.807, 2.05) is 23.5 Å². The van der Waals surface area contributed by atoms with E-state index in [1.54, 1.807) is 6.92 Å². The molecular formula is C12H20N2O3S2. The predicted octanol–water partition coefficient (Wildman–Crippen LogP) is 1.48. The van der Waals surface area contributed by atoms with Crippen molar-refractivity contribution in [1.29, 1.82) is 0 Å². The summed E-state index contributed by atoms with van der Waals surface area (Å²) in [6.45, 7) is 2.79. The third-order valence-electron chi connectivity index (χ3n) is 3.71. The lowest BCUT2D eigenvalue weighted by atomic mass is 10.00. The molecule has 0 aromatic rings. The van der Waals surface area contributed by atoms with E-state index < -0.39 is 11.5 Å². The Balaban J connectivity index is 1.87. The van der Waals surface area contributed by atoms with E-state index in [2.05, 4.69) is 5.32 Å². The van der Waals surface area contributed by atoms with Gasteiger partial charge in [-0.1, -0.05) is 0 Å². The van der Waals surface area contributed by atoms with Gasteiger partial charge in [0.1, 0.15) is 5.54 Å². The van der Waals surface area contributed by atoms with Gasteiger partial charge in [0.25, 0.3) is 0 Å². The second-order valence-electron chi connectivity index (χ2n) is 5.09. The van der Waals surface area contributed by atoms with Crippen molar-refractivity contribution in [2.24, 2.45) is 0 Å². The summed E-state index contributed by atoms with van der Waals surface area (Å²) in [4.78, 5) is 24.9. The number of likely N-dealkylation sites (tertiary alicyclic amines) is 1. The van der Waals surface area contributed by atoms with Gasteiger partial charge in [-0.2, -0.15) is 23.5 Å². The van der Waals surface area contributed by atoms with Gasteiger partial charge in [-0.3, -0.25) is 0 Å². The quantitative estimate of drug-likeness (QED) is 0.826. The fourth-order valence-corrected chi connectivity index (χ4v) is 5.07. The summed E-state index contributed by atoms with van der Waals surface area (Å²) in [5.41, 5.74) is -1.04. The van der Waals surface area contributed by atoms with Gasteiger partial charge in [0.2, 0.25) is 0 Å². The Morgan fingerprint density at radius 3 is 2.89 bits per heavy atom. The first-order chi connectivity index (χ1) is 9.04. The first-order valence-electron chi connectivity index (χ1n) is 6.52. The molecule has 2 atom stereocenters. The fourth-order valence-electron chi connectivity index (χ4n) is 2.46. The van der Waals surface area contributed by atoms with E-state index in [0.717, 1.165) is 17.9 Å². The minimum atomic E-state index is -1.04. The number of hydrogen-bond acceptors (Lipinski definition) is 4. The van der Waals surface area contributed by atoms with E-state index in [-0.39, 0.29) is 6.03 Å². The largest absolute Gasteiger partial charge is 0.480 e. The zero-order chi connectivity index (χ0) is 13.9. The smallest absolute Gasteiger partial charge is 0.329 e. The van der Waals surface area contributed by atoms with Crippen LogP contribution in [-0.4, -0.2) is 63.1 Å². The van der Waals surface area contributed by atoms with Gasteiger partial charge in [-0.05, 0) is 19.8 Å². The number of nitrogens with zero attached hydrogens (tertiary/aromatic N) is 1. The summed E-state index contributed by atoms with van der Waals surface area (Å²) in [5.74, 6) is 2.45. The maximum absolute atomic E-state index is 12.1. The summed E-state index contributed by atoms with van der Waals surface area (Å²) >= 11 is 3.80. The molecule has 2 unspecified atom stereocenters. The van der Waals surface area contributed by atoms with Crippen LogP contribution in [0.3, 0.4) is 0 Å². The maximum atomic E-state index is 12.1. The molecule has 0 spiro atoms. The summed E-state index contributed by atoms with van der Waals surface area (Å²) in [7, 11) is 0. The molecule has 2 aliphatic rings. The molecule has 0 bridgehead atoms. The van der Waals surface area contributed by atoms with Crippen molar-refractivity contribution in [2.75, 3.05) is 30.3 Å². The van der Waals surface area contributed by atoms with Crippen molar-refractivity contribution < 1.29 is 14.7 Å². The third-order valence-corrected chi connectivity index (χ3v) is 6.56. The zero-order valence-electron chi connectivity index (χ0n) is 11.1.